The molecule has 0 bridgehead atoms. The molecule has 0 aromatic carbocycles. The molecule has 78 valence electrons. The summed E-state index contributed by atoms with van der Waals surface area (Å²) in [5, 5.41) is -1.34. The Morgan fingerprint density at radius 2 is 1.46 bits per heavy atom. The number of rotatable bonds is 6. The summed E-state index contributed by atoms with van der Waals surface area (Å²) in [6.45, 7) is 4.27. The molecule has 2 heteroatoms. The van der Waals surface area contributed by atoms with Crippen LogP contribution in [0.4, 0.5) is 4.39 Å². The fourth-order valence-electron chi connectivity index (χ4n) is 2.10. The van der Waals surface area contributed by atoms with Crippen molar-refractivity contribution in [2.24, 2.45) is 11.8 Å². The summed E-state index contributed by atoms with van der Waals surface area (Å²) in [5.41, 5.74) is 0. The lowest BCUT2D eigenvalue weighted by Gasteiger charge is -1.95. The molecular weight excluding hydrogens is 187 g/mol. The maximum atomic E-state index is 13.5. The third-order valence-corrected chi connectivity index (χ3v) is 3.66. The lowest BCUT2D eigenvalue weighted by atomic mass is 10.1. The smallest absolute Gasteiger partial charge is 0.190 e. The minimum absolute atomic E-state index is 0.153. The Kier molecular flexibility index (Phi) is 4.03. The van der Waals surface area contributed by atoms with Gasteiger partial charge in [-0.15, -0.1) is 0 Å². The number of halogens is 2. The molecule has 0 aliphatic heterocycles. The van der Waals surface area contributed by atoms with Crippen LogP contribution in [0.25, 0.3) is 0 Å². The number of alkyl halides is 2. The third-order valence-electron chi connectivity index (χ3n) is 3.10. The minimum Gasteiger partial charge on any atom is -0.226 e. The first-order valence-electron chi connectivity index (χ1n) is 5.52. The Bertz CT molecular complexity index is 140. The van der Waals surface area contributed by atoms with Gasteiger partial charge < -0.3 is 0 Å². The molecule has 0 nitrogen and oxygen atoms in total. The van der Waals surface area contributed by atoms with Gasteiger partial charge in [-0.05, 0) is 12.8 Å². The largest absolute Gasteiger partial charge is 0.226 e. The van der Waals surface area contributed by atoms with Gasteiger partial charge in [0.05, 0.1) is 0 Å². The molecule has 1 saturated carbocycles. The molecule has 0 heterocycles. The summed E-state index contributed by atoms with van der Waals surface area (Å²) >= 11 is 5.78. The molecule has 0 N–H and O–H groups in total. The Hall–Kier alpha value is 0.220. The van der Waals surface area contributed by atoms with Crippen molar-refractivity contribution in [3.8, 4) is 0 Å². The SMILES string of the molecule is CCCCC1C(CCCC)C1(F)Cl. The van der Waals surface area contributed by atoms with Crippen LogP contribution in [-0.2, 0) is 0 Å². The lowest BCUT2D eigenvalue weighted by Crippen LogP contribution is -1.92. The van der Waals surface area contributed by atoms with E-state index in [1.807, 2.05) is 0 Å². The number of hydrogen-bond acceptors (Lipinski definition) is 0. The zero-order valence-electron chi connectivity index (χ0n) is 8.65. The summed E-state index contributed by atoms with van der Waals surface area (Å²) in [5.74, 6) is 0.307. The van der Waals surface area contributed by atoms with Gasteiger partial charge in [0.15, 0.2) is 5.13 Å². The second-order valence-corrected chi connectivity index (χ2v) is 4.75. The quantitative estimate of drug-likeness (QED) is 0.561. The second-order valence-electron chi connectivity index (χ2n) is 4.17. The standard InChI is InChI=1S/C11H20ClF/c1-3-5-7-9-10(8-6-4-2)11(9,12)13/h9-10H,3-8H2,1-2H3. The van der Waals surface area contributed by atoms with Gasteiger partial charge in [-0.2, -0.15) is 0 Å². The van der Waals surface area contributed by atoms with E-state index in [0.29, 0.717) is 0 Å². The van der Waals surface area contributed by atoms with Crippen LogP contribution in [0.1, 0.15) is 52.4 Å². The van der Waals surface area contributed by atoms with Crippen molar-refractivity contribution < 1.29 is 4.39 Å². The second kappa shape index (κ2) is 4.63. The van der Waals surface area contributed by atoms with E-state index in [1.165, 1.54) is 0 Å². The highest BCUT2D eigenvalue weighted by molar-refractivity contribution is 6.25. The van der Waals surface area contributed by atoms with Gasteiger partial charge >= 0.3 is 0 Å². The van der Waals surface area contributed by atoms with Crippen LogP contribution in [0.5, 0.6) is 0 Å². The highest BCUT2D eigenvalue weighted by Crippen LogP contribution is 2.61. The maximum Gasteiger partial charge on any atom is 0.190 e. The molecule has 0 aromatic rings. The van der Waals surface area contributed by atoms with Crippen LogP contribution < -0.4 is 0 Å². The molecule has 1 aliphatic rings. The summed E-state index contributed by atoms with van der Waals surface area (Å²) in [4.78, 5) is 0. The summed E-state index contributed by atoms with van der Waals surface area (Å²) in [6.07, 6.45) is 6.47. The van der Waals surface area contributed by atoms with E-state index >= 15 is 0 Å². The van der Waals surface area contributed by atoms with Crippen molar-refractivity contribution in [2.75, 3.05) is 0 Å². The molecule has 1 fully saturated rings. The van der Waals surface area contributed by atoms with E-state index in [1.54, 1.807) is 0 Å². The predicted molar refractivity (Wildman–Crippen MR) is 55.7 cm³/mol. The number of hydrogen-bond donors (Lipinski definition) is 0. The van der Waals surface area contributed by atoms with Gasteiger partial charge in [0.25, 0.3) is 0 Å². The van der Waals surface area contributed by atoms with Crippen molar-refractivity contribution in [2.45, 2.75) is 57.5 Å². The van der Waals surface area contributed by atoms with Crippen molar-refractivity contribution >= 4 is 11.6 Å². The summed E-state index contributed by atoms with van der Waals surface area (Å²) < 4.78 is 13.5. The van der Waals surface area contributed by atoms with E-state index in [-0.39, 0.29) is 11.8 Å². The third kappa shape index (κ3) is 2.59. The molecule has 0 amide bonds. The summed E-state index contributed by atoms with van der Waals surface area (Å²) in [7, 11) is 0. The van der Waals surface area contributed by atoms with E-state index < -0.39 is 5.13 Å². The van der Waals surface area contributed by atoms with Crippen molar-refractivity contribution in [1.29, 1.82) is 0 Å². The Morgan fingerprint density at radius 3 is 1.77 bits per heavy atom. The molecule has 2 atom stereocenters. The van der Waals surface area contributed by atoms with E-state index in [0.717, 1.165) is 38.5 Å². The van der Waals surface area contributed by atoms with Gasteiger partial charge in [0.2, 0.25) is 0 Å². The highest BCUT2D eigenvalue weighted by atomic mass is 35.5. The van der Waals surface area contributed by atoms with Gasteiger partial charge in [-0.3, -0.25) is 0 Å². The van der Waals surface area contributed by atoms with E-state index in [9.17, 15) is 4.39 Å². The molecule has 0 radical (unpaired) electrons. The van der Waals surface area contributed by atoms with Gasteiger partial charge in [0, 0.05) is 11.8 Å². The van der Waals surface area contributed by atoms with Crippen molar-refractivity contribution in [1.82, 2.24) is 0 Å². The molecule has 13 heavy (non-hydrogen) atoms. The van der Waals surface area contributed by atoms with Crippen molar-refractivity contribution in [3.05, 3.63) is 0 Å². The maximum absolute atomic E-state index is 13.5. The lowest BCUT2D eigenvalue weighted by molar-refractivity contribution is 0.367. The number of unbranched alkanes of at least 4 members (excludes halogenated alkanes) is 2. The molecule has 0 saturated heterocycles. The van der Waals surface area contributed by atoms with Crippen LogP contribution >= 0.6 is 11.6 Å². The average molecular weight is 207 g/mol. The molecule has 2 unspecified atom stereocenters. The molecule has 1 rings (SSSR count). The Morgan fingerprint density at radius 1 is 1.08 bits per heavy atom. The average Bonchev–Trinajstić information content (AvgIpc) is 2.60. The van der Waals surface area contributed by atoms with Crippen LogP contribution in [0.2, 0.25) is 0 Å². The summed E-state index contributed by atoms with van der Waals surface area (Å²) in [6, 6.07) is 0. The topological polar surface area (TPSA) is 0 Å². The van der Waals surface area contributed by atoms with Gasteiger partial charge in [-0.1, -0.05) is 51.1 Å². The fourth-order valence-corrected chi connectivity index (χ4v) is 2.56. The molecular formula is C11H20ClF. The zero-order chi connectivity index (χ0) is 9.90. The van der Waals surface area contributed by atoms with Crippen LogP contribution in [0, 0.1) is 11.8 Å². The Labute approximate surface area is 85.9 Å². The van der Waals surface area contributed by atoms with Crippen LogP contribution in [-0.4, -0.2) is 5.13 Å². The molecule has 0 aromatic heterocycles. The monoisotopic (exact) mass is 206 g/mol. The highest BCUT2D eigenvalue weighted by Gasteiger charge is 2.63. The first-order valence-corrected chi connectivity index (χ1v) is 5.90. The van der Waals surface area contributed by atoms with Crippen LogP contribution in [0.15, 0.2) is 0 Å². The van der Waals surface area contributed by atoms with Crippen molar-refractivity contribution in [3.63, 3.8) is 0 Å². The van der Waals surface area contributed by atoms with Gasteiger partial charge in [-0.25, -0.2) is 4.39 Å². The van der Waals surface area contributed by atoms with Crippen LogP contribution in [0.3, 0.4) is 0 Å². The normalized spacial score (nSPS) is 37.8. The first kappa shape index (κ1) is 11.3. The van der Waals surface area contributed by atoms with Gasteiger partial charge in [0.1, 0.15) is 0 Å². The fraction of sp³-hybridized carbons (Fsp3) is 1.00. The van der Waals surface area contributed by atoms with E-state index in [4.69, 9.17) is 11.6 Å². The molecule has 1 aliphatic carbocycles. The molecule has 0 spiro atoms. The Balaban J connectivity index is 2.24. The van der Waals surface area contributed by atoms with E-state index in [2.05, 4.69) is 13.8 Å². The zero-order valence-corrected chi connectivity index (χ0v) is 9.41. The minimum atomic E-state index is -1.34. The predicted octanol–water partition coefficient (Wildman–Crippen LogP) is 4.52. The first-order chi connectivity index (χ1) is 6.14.